The highest BCUT2D eigenvalue weighted by molar-refractivity contribution is 5.89. The summed E-state index contributed by atoms with van der Waals surface area (Å²) in [6.07, 6.45) is 5.64. The van der Waals surface area contributed by atoms with E-state index in [2.05, 4.69) is 0 Å². The lowest BCUT2D eigenvalue weighted by molar-refractivity contribution is -0.151. The number of piperidine rings is 1. The van der Waals surface area contributed by atoms with Gasteiger partial charge in [-0.15, -0.1) is 0 Å². The molecule has 1 amide bonds. The van der Waals surface area contributed by atoms with Gasteiger partial charge in [0, 0.05) is 18.2 Å². The molecule has 0 radical (unpaired) electrons. The van der Waals surface area contributed by atoms with E-state index in [0.717, 1.165) is 19.3 Å². The molecular weight excluding hydrogens is 325 g/mol. The lowest BCUT2D eigenvalue weighted by atomic mass is 9.97. The number of halogens is 1. The molecule has 0 spiro atoms. The summed E-state index contributed by atoms with van der Waals surface area (Å²) < 4.78 is 23.4. The summed E-state index contributed by atoms with van der Waals surface area (Å²) in [5.41, 5.74) is 0.500. The Hall–Kier alpha value is -2.37. The number of hydrogen-bond acceptors (Lipinski definition) is 4. The average molecular weight is 349 g/mol. The monoisotopic (exact) mass is 349 g/mol. The molecule has 0 unspecified atom stereocenters. The molecule has 6 heteroatoms. The molecule has 25 heavy (non-hydrogen) atoms. The van der Waals surface area contributed by atoms with E-state index in [4.69, 9.17) is 9.47 Å². The van der Waals surface area contributed by atoms with Gasteiger partial charge < -0.3 is 14.4 Å². The fourth-order valence-electron chi connectivity index (χ4n) is 3.12. The maximum atomic E-state index is 13.6. The second kappa shape index (κ2) is 8.65. The number of likely N-dealkylation sites (tertiary alicyclic amines) is 1. The van der Waals surface area contributed by atoms with Crippen molar-refractivity contribution in [3.8, 4) is 5.75 Å². The van der Waals surface area contributed by atoms with Crippen molar-refractivity contribution in [2.45, 2.75) is 45.2 Å². The summed E-state index contributed by atoms with van der Waals surface area (Å²) >= 11 is 0. The summed E-state index contributed by atoms with van der Waals surface area (Å²) in [6, 6.07) is 4.67. The molecule has 1 aromatic rings. The predicted molar refractivity (Wildman–Crippen MR) is 92.6 cm³/mol. The molecule has 1 aliphatic heterocycles. The van der Waals surface area contributed by atoms with Crippen LogP contribution in [-0.4, -0.2) is 42.6 Å². The fraction of sp³-hybridized carbons (Fsp3) is 0.474. The van der Waals surface area contributed by atoms with Crippen molar-refractivity contribution in [1.82, 2.24) is 4.90 Å². The van der Waals surface area contributed by atoms with Crippen LogP contribution >= 0.6 is 0 Å². The number of benzene rings is 1. The molecular formula is C19H24FNO4. The SMILES string of the molecule is COc1ccc(/C=C/C(=O)OCC(=O)N2[C@H](C)CCC[C@H]2C)cc1F. The van der Waals surface area contributed by atoms with Crippen LogP contribution in [0.3, 0.4) is 0 Å². The highest BCUT2D eigenvalue weighted by atomic mass is 19.1. The third kappa shape index (κ3) is 5.05. The third-order valence-electron chi connectivity index (χ3n) is 4.41. The fourth-order valence-corrected chi connectivity index (χ4v) is 3.12. The first-order valence-corrected chi connectivity index (χ1v) is 8.42. The molecule has 0 aliphatic carbocycles. The molecule has 2 rings (SSSR count). The van der Waals surface area contributed by atoms with Crippen molar-refractivity contribution in [2.24, 2.45) is 0 Å². The van der Waals surface area contributed by atoms with Gasteiger partial charge in [-0.2, -0.15) is 0 Å². The first-order chi connectivity index (χ1) is 11.9. The van der Waals surface area contributed by atoms with E-state index in [9.17, 15) is 14.0 Å². The van der Waals surface area contributed by atoms with Crippen LogP contribution < -0.4 is 4.74 Å². The van der Waals surface area contributed by atoms with Crippen molar-refractivity contribution >= 4 is 18.0 Å². The van der Waals surface area contributed by atoms with Crippen LogP contribution in [0.2, 0.25) is 0 Å². The number of amides is 1. The maximum absolute atomic E-state index is 13.6. The lowest BCUT2D eigenvalue weighted by Crippen LogP contribution is -2.49. The van der Waals surface area contributed by atoms with Gasteiger partial charge >= 0.3 is 5.97 Å². The lowest BCUT2D eigenvalue weighted by Gasteiger charge is -2.38. The smallest absolute Gasteiger partial charge is 0.331 e. The minimum absolute atomic E-state index is 0.134. The second-order valence-electron chi connectivity index (χ2n) is 6.26. The van der Waals surface area contributed by atoms with E-state index in [-0.39, 0.29) is 30.3 Å². The van der Waals surface area contributed by atoms with E-state index >= 15 is 0 Å². The van der Waals surface area contributed by atoms with Gasteiger partial charge in [0.1, 0.15) is 0 Å². The zero-order valence-electron chi connectivity index (χ0n) is 14.8. The Balaban J connectivity index is 1.87. The van der Waals surface area contributed by atoms with Gasteiger partial charge in [0.2, 0.25) is 0 Å². The molecule has 0 saturated carbocycles. The summed E-state index contributed by atoms with van der Waals surface area (Å²) in [5, 5.41) is 0. The van der Waals surface area contributed by atoms with Crippen molar-refractivity contribution in [3.63, 3.8) is 0 Å². The van der Waals surface area contributed by atoms with Crippen molar-refractivity contribution in [3.05, 3.63) is 35.7 Å². The van der Waals surface area contributed by atoms with Crippen LogP contribution in [-0.2, 0) is 14.3 Å². The van der Waals surface area contributed by atoms with Crippen LogP contribution in [0, 0.1) is 5.82 Å². The van der Waals surface area contributed by atoms with Gasteiger partial charge in [-0.1, -0.05) is 6.07 Å². The molecule has 0 aromatic heterocycles. The maximum Gasteiger partial charge on any atom is 0.331 e. The number of methoxy groups -OCH3 is 1. The summed E-state index contributed by atoms with van der Waals surface area (Å²) in [5.74, 6) is -1.20. The molecule has 1 saturated heterocycles. The van der Waals surface area contributed by atoms with Gasteiger partial charge in [-0.05, 0) is 56.9 Å². The minimum Gasteiger partial charge on any atom is -0.494 e. The Bertz CT molecular complexity index is 649. The Kier molecular flexibility index (Phi) is 6.56. The molecule has 1 aromatic carbocycles. The van der Waals surface area contributed by atoms with Crippen molar-refractivity contribution in [2.75, 3.05) is 13.7 Å². The van der Waals surface area contributed by atoms with E-state index in [1.807, 2.05) is 13.8 Å². The van der Waals surface area contributed by atoms with Crippen LogP contribution in [0.25, 0.3) is 6.08 Å². The van der Waals surface area contributed by atoms with Gasteiger partial charge in [0.25, 0.3) is 5.91 Å². The summed E-state index contributed by atoms with van der Waals surface area (Å²) in [7, 11) is 1.38. The minimum atomic E-state index is -0.637. The quantitative estimate of drug-likeness (QED) is 0.605. The molecule has 5 nitrogen and oxygen atoms in total. The van der Waals surface area contributed by atoms with Gasteiger partial charge in [0.15, 0.2) is 18.2 Å². The molecule has 136 valence electrons. The highest BCUT2D eigenvalue weighted by Gasteiger charge is 2.29. The summed E-state index contributed by atoms with van der Waals surface area (Å²) in [6.45, 7) is 3.73. The van der Waals surface area contributed by atoms with Crippen molar-refractivity contribution in [1.29, 1.82) is 0 Å². The number of rotatable bonds is 5. The number of carbonyl (C=O) groups excluding carboxylic acids is 2. The van der Waals surface area contributed by atoms with Gasteiger partial charge in [-0.25, -0.2) is 9.18 Å². The van der Waals surface area contributed by atoms with Gasteiger partial charge in [-0.3, -0.25) is 4.79 Å². The molecule has 0 N–H and O–H groups in total. The zero-order chi connectivity index (χ0) is 18.4. The molecule has 1 heterocycles. The van der Waals surface area contributed by atoms with Crippen molar-refractivity contribution < 1.29 is 23.5 Å². The Morgan fingerprint density at radius 3 is 2.56 bits per heavy atom. The van der Waals surface area contributed by atoms with E-state index in [0.29, 0.717) is 5.56 Å². The summed E-state index contributed by atoms with van der Waals surface area (Å²) in [4.78, 5) is 25.8. The van der Waals surface area contributed by atoms with Crippen LogP contribution in [0.4, 0.5) is 4.39 Å². The Morgan fingerprint density at radius 2 is 1.96 bits per heavy atom. The van der Waals surface area contributed by atoms with Gasteiger partial charge in [0.05, 0.1) is 7.11 Å². The van der Waals surface area contributed by atoms with Crippen LogP contribution in [0.5, 0.6) is 5.75 Å². The Labute approximate surface area is 147 Å². The normalized spacial score (nSPS) is 20.6. The number of esters is 1. The van der Waals surface area contributed by atoms with E-state index < -0.39 is 11.8 Å². The third-order valence-corrected chi connectivity index (χ3v) is 4.41. The standard InChI is InChI=1S/C19H24FNO4/c1-13-5-4-6-14(2)21(13)18(22)12-25-19(23)10-8-15-7-9-17(24-3)16(20)11-15/h7-11,13-14H,4-6,12H2,1-3H3/b10-8+/t13-,14-/m1/s1. The number of carbonyl (C=O) groups is 2. The number of nitrogens with zero attached hydrogens (tertiary/aromatic N) is 1. The van der Waals surface area contributed by atoms with Crippen LogP contribution in [0.1, 0.15) is 38.7 Å². The zero-order valence-corrected chi connectivity index (χ0v) is 14.8. The number of hydrogen-bond donors (Lipinski definition) is 0. The highest BCUT2D eigenvalue weighted by Crippen LogP contribution is 2.22. The topological polar surface area (TPSA) is 55.8 Å². The predicted octanol–water partition coefficient (Wildman–Crippen LogP) is 3.18. The first kappa shape index (κ1) is 19.0. The molecule has 1 aliphatic rings. The largest absolute Gasteiger partial charge is 0.494 e. The number of ether oxygens (including phenoxy) is 2. The Morgan fingerprint density at radius 1 is 1.28 bits per heavy atom. The molecule has 0 bridgehead atoms. The van der Waals surface area contributed by atoms with E-state index in [1.165, 1.54) is 31.4 Å². The first-order valence-electron chi connectivity index (χ1n) is 8.42. The second-order valence-corrected chi connectivity index (χ2v) is 6.26. The molecule has 2 atom stereocenters. The van der Waals surface area contributed by atoms with Crippen LogP contribution in [0.15, 0.2) is 24.3 Å². The van der Waals surface area contributed by atoms with E-state index in [1.54, 1.807) is 11.0 Å². The molecule has 1 fully saturated rings. The average Bonchev–Trinajstić information content (AvgIpc) is 2.58.